The SMILES string of the molecule is CC(C)(O)[C@@H]1CCN(c2cc(-n3ncc4ccc(C5(C#N)CCC5)cc43)ncn2)C1. The van der Waals surface area contributed by atoms with Gasteiger partial charge in [0.15, 0.2) is 5.82 Å². The molecule has 0 spiro atoms. The van der Waals surface area contributed by atoms with E-state index < -0.39 is 5.60 Å². The maximum atomic E-state index is 10.3. The molecule has 5 rings (SSSR count). The molecule has 0 radical (unpaired) electrons. The molecule has 0 amide bonds. The lowest BCUT2D eigenvalue weighted by molar-refractivity contribution is 0.0263. The largest absolute Gasteiger partial charge is 0.390 e. The predicted molar refractivity (Wildman–Crippen MR) is 114 cm³/mol. The summed E-state index contributed by atoms with van der Waals surface area (Å²) >= 11 is 0. The van der Waals surface area contributed by atoms with Crippen LogP contribution in [-0.2, 0) is 5.41 Å². The molecule has 7 heteroatoms. The summed E-state index contributed by atoms with van der Waals surface area (Å²) in [5, 5.41) is 25.7. The fourth-order valence-electron chi connectivity index (χ4n) is 4.66. The lowest BCUT2D eigenvalue weighted by Crippen LogP contribution is -2.33. The highest BCUT2D eigenvalue weighted by Gasteiger charge is 2.39. The minimum Gasteiger partial charge on any atom is -0.390 e. The second-order valence-electron chi connectivity index (χ2n) is 9.20. The Bertz CT molecular complexity index is 1130. The van der Waals surface area contributed by atoms with Gasteiger partial charge in [-0.3, -0.25) is 0 Å². The Morgan fingerprint density at radius 3 is 2.67 bits per heavy atom. The van der Waals surface area contributed by atoms with Crippen molar-refractivity contribution in [2.75, 3.05) is 18.0 Å². The molecular weight excluding hydrogens is 376 g/mol. The van der Waals surface area contributed by atoms with Crippen LogP contribution in [0.15, 0.2) is 36.8 Å². The molecule has 0 bridgehead atoms. The summed E-state index contributed by atoms with van der Waals surface area (Å²) in [5.74, 6) is 1.77. The van der Waals surface area contributed by atoms with Gasteiger partial charge in [0.25, 0.3) is 0 Å². The van der Waals surface area contributed by atoms with Crippen LogP contribution in [0.1, 0.15) is 45.1 Å². The summed E-state index contributed by atoms with van der Waals surface area (Å²) in [7, 11) is 0. The zero-order valence-corrected chi connectivity index (χ0v) is 17.4. The number of aromatic nitrogens is 4. The van der Waals surface area contributed by atoms with Crippen LogP contribution in [0.4, 0.5) is 5.82 Å². The minimum atomic E-state index is -0.697. The number of aliphatic hydroxyl groups is 1. The van der Waals surface area contributed by atoms with Crippen molar-refractivity contribution in [1.29, 1.82) is 5.26 Å². The number of nitriles is 1. The quantitative estimate of drug-likeness (QED) is 0.720. The Hall–Kier alpha value is -2.98. The molecule has 1 saturated heterocycles. The maximum Gasteiger partial charge on any atom is 0.159 e. The second kappa shape index (κ2) is 6.78. The van der Waals surface area contributed by atoms with Gasteiger partial charge in [0.2, 0.25) is 0 Å². The van der Waals surface area contributed by atoms with E-state index in [9.17, 15) is 10.4 Å². The number of hydrogen-bond donors (Lipinski definition) is 1. The maximum absolute atomic E-state index is 10.3. The number of fused-ring (bicyclic) bond motifs is 1. The monoisotopic (exact) mass is 402 g/mol. The Balaban J connectivity index is 1.49. The summed E-state index contributed by atoms with van der Waals surface area (Å²) in [6.45, 7) is 5.38. The van der Waals surface area contributed by atoms with Crippen LogP contribution in [0.2, 0.25) is 0 Å². The van der Waals surface area contributed by atoms with Gasteiger partial charge in [-0.2, -0.15) is 10.4 Å². The number of benzene rings is 1. The molecule has 1 atom stereocenters. The van der Waals surface area contributed by atoms with Crippen molar-refractivity contribution in [3.63, 3.8) is 0 Å². The number of nitrogens with zero attached hydrogens (tertiary/aromatic N) is 6. The van der Waals surface area contributed by atoms with E-state index >= 15 is 0 Å². The van der Waals surface area contributed by atoms with Crippen LogP contribution in [0, 0.1) is 17.2 Å². The molecule has 1 aromatic carbocycles. The highest BCUT2D eigenvalue weighted by molar-refractivity contribution is 5.81. The normalized spacial score (nSPS) is 20.9. The van der Waals surface area contributed by atoms with Gasteiger partial charge in [0, 0.05) is 30.5 Å². The molecule has 3 heterocycles. The van der Waals surface area contributed by atoms with Gasteiger partial charge in [-0.25, -0.2) is 14.6 Å². The Morgan fingerprint density at radius 1 is 1.20 bits per heavy atom. The third kappa shape index (κ3) is 3.03. The minimum absolute atomic E-state index is 0.216. The molecule has 0 unspecified atom stereocenters. The third-order valence-corrected chi connectivity index (χ3v) is 6.91. The summed E-state index contributed by atoms with van der Waals surface area (Å²) in [5.41, 5.74) is 0.959. The fraction of sp³-hybridized carbons (Fsp3) is 0.478. The molecular formula is C23H26N6O. The van der Waals surface area contributed by atoms with E-state index in [2.05, 4.69) is 38.2 Å². The van der Waals surface area contributed by atoms with Crippen molar-refractivity contribution in [1.82, 2.24) is 19.7 Å². The van der Waals surface area contributed by atoms with Crippen molar-refractivity contribution in [3.8, 4) is 11.9 Å². The van der Waals surface area contributed by atoms with Crippen LogP contribution in [0.3, 0.4) is 0 Å². The topological polar surface area (TPSA) is 90.9 Å². The molecule has 1 saturated carbocycles. The van der Waals surface area contributed by atoms with Crippen molar-refractivity contribution >= 4 is 16.7 Å². The van der Waals surface area contributed by atoms with Gasteiger partial charge in [0.1, 0.15) is 12.1 Å². The van der Waals surface area contributed by atoms with Gasteiger partial charge in [-0.1, -0.05) is 12.1 Å². The van der Waals surface area contributed by atoms with Crippen molar-refractivity contribution in [3.05, 3.63) is 42.4 Å². The van der Waals surface area contributed by atoms with E-state index in [0.717, 1.165) is 61.1 Å². The molecule has 3 aromatic rings. The van der Waals surface area contributed by atoms with E-state index in [4.69, 9.17) is 0 Å². The van der Waals surface area contributed by atoms with Crippen LogP contribution in [0.25, 0.3) is 16.7 Å². The van der Waals surface area contributed by atoms with Gasteiger partial charge in [-0.15, -0.1) is 0 Å². The van der Waals surface area contributed by atoms with Crippen molar-refractivity contribution in [2.24, 2.45) is 5.92 Å². The first-order valence-electron chi connectivity index (χ1n) is 10.6. The average Bonchev–Trinajstić information content (AvgIpc) is 3.35. The molecule has 2 fully saturated rings. The smallest absolute Gasteiger partial charge is 0.159 e. The standard InChI is InChI=1S/C23H26N6O/c1-22(2,30)18-6-9-28(13-18)20-11-21(26-15-25-20)29-19-10-17(5-4-16(19)12-27-29)23(14-24)7-3-8-23/h4-5,10-12,15,18,30H,3,6-9,13H2,1-2H3/t18-/m1/s1. The zero-order chi connectivity index (χ0) is 20.9. The molecule has 2 aromatic heterocycles. The first-order valence-corrected chi connectivity index (χ1v) is 10.6. The van der Waals surface area contributed by atoms with Gasteiger partial charge < -0.3 is 10.0 Å². The highest BCUT2D eigenvalue weighted by atomic mass is 16.3. The number of rotatable bonds is 4. The summed E-state index contributed by atoms with van der Waals surface area (Å²) in [6.07, 6.45) is 7.27. The van der Waals surface area contributed by atoms with Crippen molar-refractivity contribution in [2.45, 2.75) is 50.5 Å². The fourth-order valence-corrected chi connectivity index (χ4v) is 4.66. The van der Waals surface area contributed by atoms with Gasteiger partial charge >= 0.3 is 0 Å². The predicted octanol–water partition coefficient (Wildman–Crippen LogP) is 3.36. The molecule has 30 heavy (non-hydrogen) atoms. The Labute approximate surface area is 176 Å². The first kappa shape index (κ1) is 19.0. The Kier molecular flexibility index (Phi) is 4.30. The van der Waals surface area contributed by atoms with E-state index in [-0.39, 0.29) is 11.3 Å². The van der Waals surface area contributed by atoms with Crippen LogP contribution in [-0.4, -0.2) is 43.5 Å². The third-order valence-electron chi connectivity index (χ3n) is 6.91. The lowest BCUT2D eigenvalue weighted by atomic mass is 9.65. The van der Waals surface area contributed by atoms with Crippen LogP contribution < -0.4 is 4.90 Å². The summed E-state index contributed by atoms with van der Waals surface area (Å²) < 4.78 is 1.83. The Morgan fingerprint density at radius 2 is 2.00 bits per heavy atom. The van der Waals surface area contributed by atoms with E-state index in [1.54, 1.807) is 6.33 Å². The van der Waals surface area contributed by atoms with Crippen LogP contribution in [0.5, 0.6) is 0 Å². The zero-order valence-electron chi connectivity index (χ0n) is 17.4. The molecule has 1 aliphatic carbocycles. The highest BCUT2D eigenvalue weighted by Crippen LogP contribution is 2.43. The van der Waals surface area contributed by atoms with Gasteiger partial charge in [-0.05, 0) is 51.2 Å². The second-order valence-corrected chi connectivity index (χ2v) is 9.20. The number of anilines is 1. The van der Waals surface area contributed by atoms with E-state index in [1.165, 1.54) is 0 Å². The molecule has 2 aliphatic rings. The number of hydrogen-bond acceptors (Lipinski definition) is 6. The summed E-state index contributed by atoms with van der Waals surface area (Å²) in [6, 6.07) is 10.7. The molecule has 154 valence electrons. The van der Waals surface area contributed by atoms with Crippen molar-refractivity contribution < 1.29 is 5.11 Å². The van der Waals surface area contributed by atoms with E-state index in [1.807, 2.05) is 36.9 Å². The molecule has 1 aliphatic heterocycles. The van der Waals surface area contributed by atoms with Gasteiger partial charge in [0.05, 0.1) is 28.8 Å². The average molecular weight is 403 g/mol. The van der Waals surface area contributed by atoms with Crippen LogP contribution >= 0.6 is 0 Å². The molecule has 7 nitrogen and oxygen atoms in total. The van der Waals surface area contributed by atoms with E-state index in [0.29, 0.717) is 5.82 Å². The lowest BCUT2D eigenvalue weighted by Gasteiger charge is -2.35. The molecule has 1 N–H and O–H groups in total. The summed E-state index contributed by atoms with van der Waals surface area (Å²) in [4.78, 5) is 11.1. The first-order chi connectivity index (χ1) is 14.4.